The molecule has 1 amide bonds. The van der Waals surface area contributed by atoms with E-state index in [4.69, 9.17) is 0 Å². The zero-order valence-electron chi connectivity index (χ0n) is 19.2. The van der Waals surface area contributed by atoms with Crippen molar-refractivity contribution in [3.63, 3.8) is 0 Å². The molecule has 176 valence electrons. The Morgan fingerprint density at radius 3 is 2.21 bits per heavy atom. The third-order valence-electron chi connectivity index (χ3n) is 5.73. The Morgan fingerprint density at radius 2 is 1.67 bits per heavy atom. The van der Waals surface area contributed by atoms with Crippen molar-refractivity contribution < 1.29 is 27.7 Å². The van der Waals surface area contributed by atoms with E-state index in [0.29, 0.717) is 18.5 Å². The SMILES string of the molecule is CN(C)S(=O)(=O)c1ccc(C(=O)C2C(=O)C(=O)N(CCC[NH+](C)C)C2c2ccncc2)cc1. The van der Waals surface area contributed by atoms with Crippen molar-refractivity contribution in [2.75, 3.05) is 41.3 Å². The van der Waals surface area contributed by atoms with Gasteiger partial charge in [-0.15, -0.1) is 0 Å². The maximum absolute atomic E-state index is 13.4. The summed E-state index contributed by atoms with van der Waals surface area (Å²) in [5.74, 6) is -3.13. The van der Waals surface area contributed by atoms with Crippen LogP contribution in [0, 0.1) is 5.92 Å². The molecule has 33 heavy (non-hydrogen) atoms. The van der Waals surface area contributed by atoms with E-state index in [-0.39, 0.29) is 10.5 Å². The minimum Gasteiger partial charge on any atom is -0.340 e. The van der Waals surface area contributed by atoms with E-state index in [9.17, 15) is 22.8 Å². The lowest BCUT2D eigenvalue weighted by atomic mass is 9.86. The number of nitrogens with zero attached hydrogens (tertiary/aromatic N) is 3. The predicted octanol–water partition coefficient (Wildman–Crippen LogP) is -0.182. The summed E-state index contributed by atoms with van der Waals surface area (Å²) in [7, 11) is 3.19. The van der Waals surface area contributed by atoms with Gasteiger partial charge in [-0.3, -0.25) is 19.4 Å². The maximum atomic E-state index is 13.4. The van der Waals surface area contributed by atoms with Crippen molar-refractivity contribution in [3.8, 4) is 0 Å². The van der Waals surface area contributed by atoms with Crippen LogP contribution in [0.1, 0.15) is 28.4 Å². The fourth-order valence-electron chi connectivity index (χ4n) is 3.94. The minimum atomic E-state index is -3.65. The summed E-state index contributed by atoms with van der Waals surface area (Å²) in [5.41, 5.74) is 0.837. The molecule has 0 spiro atoms. The van der Waals surface area contributed by atoms with Gasteiger partial charge in [-0.05, 0) is 29.8 Å². The molecule has 1 fully saturated rings. The first-order valence-corrected chi connectivity index (χ1v) is 12.1. The van der Waals surface area contributed by atoms with Crippen molar-refractivity contribution in [2.24, 2.45) is 5.92 Å². The third-order valence-corrected chi connectivity index (χ3v) is 7.56. The van der Waals surface area contributed by atoms with E-state index in [2.05, 4.69) is 4.98 Å². The Morgan fingerprint density at radius 1 is 1.06 bits per heavy atom. The van der Waals surface area contributed by atoms with Crippen LogP contribution in [0.2, 0.25) is 0 Å². The molecule has 2 unspecified atom stereocenters. The fourth-order valence-corrected chi connectivity index (χ4v) is 4.85. The number of sulfonamides is 1. The fraction of sp³-hybridized carbons (Fsp3) is 0.391. The highest BCUT2D eigenvalue weighted by atomic mass is 32.2. The molecule has 2 atom stereocenters. The molecule has 0 bridgehead atoms. The predicted molar refractivity (Wildman–Crippen MR) is 121 cm³/mol. The number of hydrogen-bond acceptors (Lipinski definition) is 6. The van der Waals surface area contributed by atoms with Crippen LogP contribution in [-0.4, -0.2) is 81.4 Å². The summed E-state index contributed by atoms with van der Waals surface area (Å²) in [4.78, 5) is 46.0. The van der Waals surface area contributed by atoms with E-state index in [1.807, 2.05) is 14.1 Å². The molecule has 0 radical (unpaired) electrons. The number of aromatic nitrogens is 1. The van der Waals surface area contributed by atoms with Crippen molar-refractivity contribution in [1.29, 1.82) is 0 Å². The van der Waals surface area contributed by atoms with Gasteiger partial charge < -0.3 is 9.80 Å². The highest BCUT2D eigenvalue weighted by Gasteiger charge is 2.51. The van der Waals surface area contributed by atoms with Crippen molar-refractivity contribution in [3.05, 3.63) is 59.9 Å². The molecule has 2 heterocycles. The zero-order chi connectivity index (χ0) is 24.3. The number of carbonyl (C=O) groups is 3. The Labute approximate surface area is 194 Å². The first-order chi connectivity index (χ1) is 15.6. The molecule has 1 N–H and O–H groups in total. The summed E-state index contributed by atoms with van der Waals surface area (Å²) in [6.45, 7) is 1.16. The largest absolute Gasteiger partial charge is 0.340 e. The standard InChI is InChI=1S/C23H28N4O5S/c1-25(2)14-5-15-27-20(16-10-12-24-13-11-16)19(22(29)23(27)30)21(28)17-6-8-18(9-7-17)33(31,32)26(3)4/h6-13,19-20H,5,14-15H2,1-4H3/p+1. The minimum absolute atomic E-state index is 0.0383. The lowest BCUT2D eigenvalue weighted by Gasteiger charge is -2.27. The number of ketones is 2. The number of carbonyl (C=O) groups excluding carboxylic acids is 3. The van der Waals surface area contributed by atoms with E-state index in [1.54, 1.807) is 24.5 Å². The number of pyridine rings is 1. The van der Waals surface area contributed by atoms with Crippen LogP contribution in [0.15, 0.2) is 53.7 Å². The molecule has 1 aliphatic heterocycles. The van der Waals surface area contributed by atoms with Crippen LogP contribution >= 0.6 is 0 Å². The first kappa shape index (κ1) is 24.7. The average Bonchev–Trinajstić information content (AvgIpc) is 3.04. The van der Waals surface area contributed by atoms with Gasteiger partial charge in [0.05, 0.1) is 31.6 Å². The van der Waals surface area contributed by atoms with Gasteiger partial charge in [0.15, 0.2) is 5.78 Å². The summed E-state index contributed by atoms with van der Waals surface area (Å²) in [6.07, 6.45) is 3.81. The molecule has 10 heteroatoms. The molecule has 1 aliphatic rings. The third kappa shape index (κ3) is 5.02. The van der Waals surface area contributed by atoms with Gasteiger partial charge in [-0.1, -0.05) is 12.1 Å². The monoisotopic (exact) mass is 473 g/mol. The number of Topliss-reactive ketones (excluding diaryl/α,β-unsaturated/α-hetero) is 2. The highest BCUT2D eigenvalue weighted by Crippen LogP contribution is 2.38. The molecule has 1 saturated heterocycles. The lowest BCUT2D eigenvalue weighted by Crippen LogP contribution is -3.05. The molecular formula is C23H29N4O5S+. The quantitative estimate of drug-likeness (QED) is 0.307. The summed E-state index contributed by atoms with van der Waals surface area (Å²) in [6, 6.07) is 8.12. The maximum Gasteiger partial charge on any atom is 0.291 e. The van der Waals surface area contributed by atoms with Crippen molar-refractivity contribution >= 4 is 27.5 Å². The Balaban J connectivity index is 1.96. The van der Waals surface area contributed by atoms with Crippen LogP contribution in [0.4, 0.5) is 0 Å². The van der Waals surface area contributed by atoms with Crippen LogP contribution in [0.3, 0.4) is 0 Å². The van der Waals surface area contributed by atoms with Gasteiger partial charge in [-0.2, -0.15) is 0 Å². The van der Waals surface area contributed by atoms with Gasteiger partial charge in [0, 0.05) is 45.0 Å². The number of rotatable bonds is 9. The first-order valence-electron chi connectivity index (χ1n) is 10.7. The van der Waals surface area contributed by atoms with Crippen LogP contribution < -0.4 is 4.90 Å². The van der Waals surface area contributed by atoms with Gasteiger partial charge in [0.2, 0.25) is 15.8 Å². The lowest BCUT2D eigenvalue weighted by molar-refractivity contribution is -0.858. The zero-order valence-corrected chi connectivity index (χ0v) is 20.0. The molecule has 1 aromatic heterocycles. The van der Waals surface area contributed by atoms with Crippen molar-refractivity contribution in [1.82, 2.24) is 14.2 Å². The number of hydrogen-bond donors (Lipinski definition) is 1. The highest BCUT2D eigenvalue weighted by molar-refractivity contribution is 7.89. The van der Waals surface area contributed by atoms with E-state index in [0.717, 1.165) is 10.8 Å². The number of quaternary nitrogens is 1. The second-order valence-electron chi connectivity index (χ2n) is 8.55. The molecule has 9 nitrogen and oxygen atoms in total. The number of nitrogens with one attached hydrogen (secondary N) is 1. The number of benzene rings is 1. The molecule has 1 aromatic carbocycles. The van der Waals surface area contributed by atoms with Crippen LogP contribution in [0.5, 0.6) is 0 Å². The van der Waals surface area contributed by atoms with Gasteiger partial charge >= 0.3 is 0 Å². The molecule has 3 rings (SSSR count). The molecule has 0 aliphatic carbocycles. The molecule has 2 aromatic rings. The number of likely N-dealkylation sites (tertiary alicyclic amines) is 1. The second-order valence-corrected chi connectivity index (χ2v) is 10.7. The summed E-state index contributed by atoms with van der Waals surface area (Å²) < 4.78 is 25.7. The van der Waals surface area contributed by atoms with E-state index in [1.165, 1.54) is 48.2 Å². The van der Waals surface area contributed by atoms with Gasteiger partial charge in [-0.25, -0.2) is 12.7 Å². The molecule has 0 saturated carbocycles. The Kier molecular flexibility index (Phi) is 7.41. The second kappa shape index (κ2) is 9.90. The normalized spacial score (nSPS) is 19.0. The topological polar surface area (TPSA) is 109 Å². The summed E-state index contributed by atoms with van der Waals surface area (Å²) >= 11 is 0. The average molecular weight is 474 g/mol. The van der Waals surface area contributed by atoms with Crippen molar-refractivity contribution in [2.45, 2.75) is 17.4 Å². The van der Waals surface area contributed by atoms with Crippen LogP contribution in [0.25, 0.3) is 0 Å². The van der Waals surface area contributed by atoms with E-state index >= 15 is 0 Å². The molecular weight excluding hydrogens is 444 g/mol. The Bertz CT molecular complexity index is 1130. The van der Waals surface area contributed by atoms with Crippen LogP contribution in [-0.2, 0) is 19.6 Å². The number of amides is 1. The Hall–Kier alpha value is -2.95. The summed E-state index contributed by atoms with van der Waals surface area (Å²) in [5, 5.41) is 0. The van der Waals surface area contributed by atoms with E-state index < -0.39 is 39.5 Å². The van der Waals surface area contributed by atoms with Gasteiger partial charge in [0.1, 0.15) is 5.92 Å². The smallest absolute Gasteiger partial charge is 0.291 e. The van der Waals surface area contributed by atoms with Gasteiger partial charge in [0.25, 0.3) is 5.91 Å².